The Kier molecular flexibility index (Phi) is 2.20. The molecule has 0 spiro atoms. The molecule has 1 aliphatic rings. The first-order chi connectivity index (χ1) is 7.08. The summed E-state index contributed by atoms with van der Waals surface area (Å²) in [6, 6.07) is 1.42. The van der Waals surface area contributed by atoms with Crippen LogP contribution in [0, 0.1) is 0 Å². The number of carbonyl (C=O) groups is 1. The smallest absolute Gasteiger partial charge is 0.337 e. The van der Waals surface area contributed by atoms with Crippen molar-refractivity contribution in [1.29, 1.82) is 0 Å². The summed E-state index contributed by atoms with van der Waals surface area (Å²) in [5.41, 5.74) is 5.65. The number of aliphatic hydroxyl groups excluding tert-OH is 1. The Morgan fingerprint density at radius 2 is 2.27 bits per heavy atom. The third-order valence-electron chi connectivity index (χ3n) is 2.34. The molecule has 0 amide bonds. The van der Waals surface area contributed by atoms with Crippen LogP contribution in [0.1, 0.15) is 10.4 Å². The molecule has 0 aliphatic carbocycles. The van der Waals surface area contributed by atoms with Gasteiger partial charge in [-0.05, 0) is 6.07 Å². The molecule has 0 atom stereocenters. The Bertz CT molecular complexity index is 402. The first-order valence-corrected chi connectivity index (χ1v) is 4.49. The van der Waals surface area contributed by atoms with Crippen LogP contribution in [0.4, 0.5) is 11.5 Å². The zero-order chi connectivity index (χ0) is 11.0. The van der Waals surface area contributed by atoms with Gasteiger partial charge in [-0.2, -0.15) is 0 Å². The van der Waals surface area contributed by atoms with Gasteiger partial charge in [-0.3, -0.25) is 0 Å². The van der Waals surface area contributed by atoms with Crippen LogP contribution >= 0.6 is 0 Å². The van der Waals surface area contributed by atoms with E-state index in [2.05, 4.69) is 4.98 Å². The van der Waals surface area contributed by atoms with E-state index in [1.165, 1.54) is 12.3 Å². The van der Waals surface area contributed by atoms with E-state index in [1.807, 2.05) is 0 Å². The number of aromatic carboxylic acids is 1. The summed E-state index contributed by atoms with van der Waals surface area (Å²) in [5, 5.41) is 17.9. The van der Waals surface area contributed by atoms with Gasteiger partial charge in [0, 0.05) is 13.1 Å². The van der Waals surface area contributed by atoms with Crippen LogP contribution in [0.15, 0.2) is 12.3 Å². The largest absolute Gasteiger partial charge is 0.478 e. The van der Waals surface area contributed by atoms with E-state index in [1.54, 1.807) is 4.90 Å². The number of pyridine rings is 1. The van der Waals surface area contributed by atoms with Gasteiger partial charge < -0.3 is 20.8 Å². The van der Waals surface area contributed by atoms with Crippen LogP contribution in [-0.4, -0.2) is 40.4 Å². The second-order valence-corrected chi connectivity index (χ2v) is 3.49. The summed E-state index contributed by atoms with van der Waals surface area (Å²) >= 11 is 0. The van der Waals surface area contributed by atoms with Gasteiger partial charge >= 0.3 is 5.97 Å². The molecule has 15 heavy (non-hydrogen) atoms. The number of carboxylic acid groups (broad SMARTS) is 1. The van der Waals surface area contributed by atoms with Crippen molar-refractivity contribution in [3.63, 3.8) is 0 Å². The minimum Gasteiger partial charge on any atom is -0.478 e. The first-order valence-electron chi connectivity index (χ1n) is 4.49. The van der Waals surface area contributed by atoms with E-state index in [4.69, 9.17) is 15.9 Å². The maximum absolute atomic E-state index is 10.8. The maximum Gasteiger partial charge on any atom is 0.337 e. The minimum atomic E-state index is -1.07. The van der Waals surface area contributed by atoms with E-state index in [-0.39, 0.29) is 17.4 Å². The first kappa shape index (κ1) is 9.72. The summed E-state index contributed by atoms with van der Waals surface area (Å²) in [6.45, 7) is 0.964. The molecule has 6 nitrogen and oxygen atoms in total. The van der Waals surface area contributed by atoms with Crippen LogP contribution in [-0.2, 0) is 0 Å². The van der Waals surface area contributed by atoms with Gasteiger partial charge in [0.05, 0.1) is 23.6 Å². The van der Waals surface area contributed by atoms with Gasteiger partial charge in [0.15, 0.2) is 0 Å². The summed E-state index contributed by atoms with van der Waals surface area (Å²) in [6.07, 6.45) is 0.973. The summed E-state index contributed by atoms with van der Waals surface area (Å²) in [7, 11) is 0. The van der Waals surface area contributed by atoms with Crippen molar-refractivity contribution in [2.75, 3.05) is 23.7 Å². The minimum absolute atomic E-state index is 0.0430. The lowest BCUT2D eigenvalue weighted by atomic mass is 10.1. The number of nitrogens with zero attached hydrogens (tertiary/aromatic N) is 2. The van der Waals surface area contributed by atoms with Gasteiger partial charge in [0.1, 0.15) is 5.82 Å². The van der Waals surface area contributed by atoms with Crippen molar-refractivity contribution in [1.82, 2.24) is 4.98 Å². The van der Waals surface area contributed by atoms with Crippen LogP contribution < -0.4 is 10.6 Å². The second kappa shape index (κ2) is 3.39. The average molecular weight is 209 g/mol. The lowest BCUT2D eigenvalue weighted by molar-refractivity contribution is 0.0698. The van der Waals surface area contributed by atoms with Gasteiger partial charge in [-0.25, -0.2) is 9.78 Å². The van der Waals surface area contributed by atoms with E-state index < -0.39 is 5.97 Å². The Balaban J connectivity index is 2.27. The maximum atomic E-state index is 10.8. The lowest BCUT2D eigenvalue weighted by Gasteiger charge is -2.36. The molecular weight excluding hydrogens is 198 g/mol. The van der Waals surface area contributed by atoms with Crippen molar-refractivity contribution in [3.05, 3.63) is 17.8 Å². The fourth-order valence-electron chi connectivity index (χ4n) is 1.46. The number of rotatable bonds is 2. The summed E-state index contributed by atoms with van der Waals surface area (Å²) in [4.78, 5) is 16.6. The van der Waals surface area contributed by atoms with Crippen molar-refractivity contribution in [2.24, 2.45) is 0 Å². The average Bonchev–Trinajstić information content (AvgIpc) is 2.14. The van der Waals surface area contributed by atoms with Gasteiger partial charge in [-0.15, -0.1) is 0 Å². The molecule has 0 saturated carbocycles. The second-order valence-electron chi connectivity index (χ2n) is 3.49. The van der Waals surface area contributed by atoms with Crippen molar-refractivity contribution in [3.8, 4) is 0 Å². The fraction of sp³-hybridized carbons (Fsp3) is 0.333. The molecule has 2 rings (SSSR count). The molecule has 6 heteroatoms. The molecule has 1 aliphatic heterocycles. The topological polar surface area (TPSA) is 99.7 Å². The predicted molar refractivity (Wildman–Crippen MR) is 53.8 cm³/mol. The highest BCUT2D eigenvalue weighted by Gasteiger charge is 2.26. The molecule has 0 unspecified atom stereocenters. The highest BCUT2D eigenvalue weighted by atomic mass is 16.4. The quantitative estimate of drug-likeness (QED) is 0.609. The SMILES string of the molecule is Nc1cnc(N2CC(O)C2)cc1C(=O)O. The Morgan fingerprint density at radius 3 is 2.80 bits per heavy atom. The number of aliphatic hydroxyl groups is 1. The molecule has 1 aromatic rings. The van der Waals surface area contributed by atoms with Crippen LogP contribution in [0.25, 0.3) is 0 Å². The van der Waals surface area contributed by atoms with Gasteiger partial charge in [0.25, 0.3) is 0 Å². The van der Waals surface area contributed by atoms with Crippen molar-refractivity contribution in [2.45, 2.75) is 6.10 Å². The zero-order valence-corrected chi connectivity index (χ0v) is 7.92. The third kappa shape index (κ3) is 1.71. The number of nitrogen functional groups attached to an aromatic ring is 1. The monoisotopic (exact) mass is 209 g/mol. The Labute approximate surface area is 86.0 Å². The molecule has 0 bridgehead atoms. The molecule has 1 saturated heterocycles. The summed E-state index contributed by atoms with van der Waals surface area (Å²) < 4.78 is 0. The number of nitrogens with two attached hydrogens (primary N) is 1. The number of hydrogen-bond donors (Lipinski definition) is 3. The molecular formula is C9H11N3O3. The highest BCUT2D eigenvalue weighted by molar-refractivity contribution is 5.94. The molecule has 80 valence electrons. The highest BCUT2D eigenvalue weighted by Crippen LogP contribution is 2.22. The molecule has 2 heterocycles. The number of carboxylic acids is 1. The Morgan fingerprint density at radius 1 is 1.60 bits per heavy atom. The lowest BCUT2D eigenvalue weighted by Crippen LogP contribution is -2.51. The van der Waals surface area contributed by atoms with E-state index >= 15 is 0 Å². The van der Waals surface area contributed by atoms with Crippen LogP contribution in [0.5, 0.6) is 0 Å². The van der Waals surface area contributed by atoms with E-state index in [0.717, 1.165) is 0 Å². The van der Waals surface area contributed by atoms with E-state index in [9.17, 15) is 4.79 Å². The predicted octanol–water partition coefficient (Wildman–Crippen LogP) is -0.457. The fourth-order valence-corrected chi connectivity index (χ4v) is 1.46. The molecule has 1 fully saturated rings. The number of anilines is 2. The normalized spacial score (nSPS) is 16.2. The van der Waals surface area contributed by atoms with E-state index in [0.29, 0.717) is 18.9 Å². The van der Waals surface area contributed by atoms with Gasteiger partial charge in [0.2, 0.25) is 0 Å². The molecule has 1 aromatic heterocycles. The van der Waals surface area contributed by atoms with Crippen LogP contribution in [0.2, 0.25) is 0 Å². The number of hydrogen-bond acceptors (Lipinski definition) is 5. The summed E-state index contributed by atoms with van der Waals surface area (Å²) in [5.74, 6) is -0.538. The molecule has 4 N–H and O–H groups in total. The van der Waals surface area contributed by atoms with Gasteiger partial charge in [-0.1, -0.05) is 0 Å². The number of β-amino-alcohol motifs (C(OH)–C–C–N with tert-alkyl or cyclic N) is 1. The zero-order valence-electron chi connectivity index (χ0n) is 7.92. The third-order valence-corrected chi connectivity index (χ3v) is 2.34. The van der Waals surface area contributed by atoms with Crippen LogP contribution in [0.3, 0.4) is 0 Å². The van der Waals surface area contributed by atoms with Crippen molar-refractivity contribution < 1.29 is 15.0 Å². The Hall–Kier alpha value is -1.82. The molecule has 0 aromatic carbocycles. The van der Waals surface area contributed by atoms with Crippen molar-refractivity contribution >= 4 is 17.5 Å². The molecule has 0 radical (unpaired) electrons. The number of aromatic nitrogens is 1. The standard InChI is InChI=1S/C9H11N3O3/c10-7-2-11-8(1-6(7)9(14)15)12-3-5(13)4-12/h1-2,5,13H,3-4,10H2,(H,14,15).